The van der Waals surface area contributed by atoms with Crippen molar-refractivity contribution >= 4 is 11.6 Å². The van der Waals surface area contributed by atoms with Gasteiger partial charge < -0.3 is 10.3 Å². The number of nitrogens with two attached hydrogens (primary N) is 1. The third-order valence-electron chi connectivity index (χ3n) is 3.18. The number of rotatable bonds is 5. The standard InChI is InChI=1S/C15H17FN4O/c1-2-20(10-11-6-8-18-9-7-11)15(21)12-4-3-5-13(16)14(12)19-17/h3-9,19H,2,10,17H2,1H3. The zero-order valence-corrected chi connectivity index (χ0v) is 11.7. The summed E-state index contributed by atoms with van der Waals surface area (Å²) in [7, 11) is 0. The fourth-order valence-corrected chi connectivity index (χ4v) is 2.06. The van der Waals surface area contributed by atoms with Crippen molar-refractivity contribution < 1.29 is 9.18 Å². The SMILES string of the molecule is CCN(Cc1ccncc1)C(=O)c1cccc(F)c1NN. The van der Waals surface area contributed by atoms with E-state index in [1.165, 1.54) is 12.1 Å². The Morgan fingerprint density at radius 2 is 2.05 bits per heavy atom. The van der Waals surface area contributed by atoms with Crippen LogP contribution in [0.5, 0.6) is 0 Å². The summed E-state index contributed by atoms with van der Waals surface area (Å²) in [5.74, 6) is 4.49. The molecule has 3 N–H and O–H groups in total. The van der Waals surface area contributed by atoms with Crippen LogP contribution in [0.25, 0.3) is 0 Å². The lowest BCUT2D eigenvalue weighted by Crippen LogP contribution is -2.31. The van der Waals surface area contributed by atoms with Gasteiger partial charge in [-0.2, -0.15) is 0 Å². The topological polar surface area (TPSA) is 71.2 Å². The van der Waals surface area contributed by atoms with E-state index in [0.29, 0.717) is 13.1 Å². The highest BCUT2D eigenvalue weighted by molar-refractivity contribution is 5.99. The summed E-state index contributed by atoms with van der Waals surface area (Å²) < 4.78 is 13.7. The van der Waals surface area contributed by atoms with Crippen molar-refractivity contribution in [1.29, 1.82) is 0 Å². The highest BCUT2D eigenvalue weighted by Gasteiger charge is 2.19. The fourth-order valence-electron chi connectivity index (χ4n) is 2.06. The molecule has 0 aliphatic heterocycles. The Bertz CT molecular complexity index is 618. The van der Waals surface area contributed by atoms with Crippen molar-refractivity contribution in [1.82, 2.24) is 9.88 Å². The van der Waals surface area contributed by atoms with E-state index in [-0.39, 0.29) is 17.2 Å². The van der Waals surface area contributed by atoms with Gasteiger partial charge in [-0.05, 0) is 36.8 Å². The van der Waals surface area contributed by atoms with E-state index in [1.807, 2.05) is 19.1 Å². The molecule has 0 aliphatic rings. The molecule has 1 heterocycles. The summed E-state index contributed by atoms with van der Waals surface area (Å²) in [6, 6.07) is 7.97. The maximum absolute atomic E-state index is 13.7. The number of halogens is 1. The van der Waals surface area contributed by atoms with Gasteiger partial charge in [0.1, 0.15) is 5.82 Å². The number of nitrogens with zero attached hydrogens (tertiary/aromatic N) is 2. The monoisotopic (exact) mass is 288 g/mol. The predicted molar refractivity (Wildman–Crippen MR) is 78.9 cm³/mol. The molecule has 2 rings (SSSR count). The van der Waals surface area contributed by atoms with Gasteiger partial charge in [0.15, 0.2) is 0 Å². The first-order valence-corrected chi connectivity index (χ1v) is 6.60. The first-order valence-electron chi connectivity index (χ1n) is 6.60. The smallest absolute Gasteiger partial charge is 0.256 e. The first kappa shape index (κ1) is 14.9. The molecular formula is C15H17FN4O. The Balaban J connectivity index is 2.27. The number of hydrogen-bond donors (Lipinski definition) is 2. The lowest BCUT2D eigenvalue weighted by molar-refractivity contribution is 0.0753. The van der Waals surface area contributed by atoms with Gasteiger partial charge in [0.05, 0.1) is 11.3 Å². The maximum Gasteiger partial charge on any atom is 0.256 e. The van der Waals surface area contributed by atoms with Crippen LogP contribution in [-0.2, 0) is 6.54 Å². The zero-order chi connectivity index (χ0) is 15.2. The van der Waals surface area contributed by atoms with Crippen molar-refractivity contribution in [3.05, 3.63) is 59.7 Å². The summed E-state index contributed by atoms with van der Waals surface area (Å²) in [4.78, 5) is 18.1. The van der Waals surface area contributed by atoms with Crippen LogP contribution in [0.4, 0.5) is 10.1 Å². The number of nitrogen functional groups attached to an aromatic ring is 1. The van der Waals surface area contributed by atoms with Gasteiger partial charge in [-0.25, -0.2) is 4.39 Å². The van der Waals surface area contributed by atoms with Crippen LogP contribution in [0.2, 0.25) is 0 Å². The highest BCUT2D eigenvalue weighted by Crippen LogP contribution is 2.21. The molecule has 0 saturated carbocycles. The summed E-state index contributed by atoms with van der Waals surface area (Å²) in [5.41, 5.74) is 3.44. The van der Waals surface area contributed by atoms with Crippen LogP contribution in [0.15, 0.2) is 42.7 Å². The van der Waals surface area contributed by atoms with Crippen LogP contribution in [-0.4, -0.2) is 22.3 Å². The predicted octanol–water partition coefficient (Wildman–Crippen LogP) is 2.17. The normalized spacial score (nSPS) is 10.2. The Labute approximate surface area is 122 Å². The van der Waals surface area contributed by atoms with Crippen LogP contribution >= 0.6 is 0 Å². The third-order valence-corrected chi connectivity index (χ3v) is 3.18. The third kappa shape index (κ3) is 3.35. The summed E-state index contributed by atoms with van der Waals surface area (Å²) in [6.45, 7) is 2.80. The fraction of sp³-hybridized carbons (Fsp3) is 0.200. The molecule has 0 spiro atoms. The number of nitrogens with one attached hydrogen (secondary N) is 1. The molecule has 0 saturated heterocycles. The highest BCUT2D eigenvalue weighted by atomic mass is 19.1. The number of amides is 1. The van der Waals surface area contributed by atoms with Crippen LogP contribution in [0.1, 0.15) is 22.8 Å². The number of hydrazine groups is 1. The van der Waals surface area contributed by atoms with Gasteiger partial charge >= 0.3 is 0 Å². The number of pyridine rings is 1. The molecule has 2 aromatic rings. The van der Waals surface area contributed by atoms with E-state index < -0.39 is 5.82 Å². The van der Waals surface area contributed by atoms with Gasteiger partial charge in [-0.1, -0.05) is 6.07 Å². The zero-order valence-electron chi connectivity index (χ0n) is 11.7. The number of benzene rings is 1. The number of hydrogen-bond acceptors (Lipinski definition) is 4. The van der Waals surface area contributed by atoms with Gasteiger partial charge in [-0.15, -0.1) is 0 Å². The minimum atomic E-state index is -0.552. The maximum atomic E-state index is 13.7. The molecule has 0 unspecified atom stereocenters. The van der Waals surface area contributed by atoms with E-state index >= 15 is 0 Å². The van der Waals surface area contributed by atoms with Crippen molar-refractivity contribution in [2.24, 2.45) is 5.84 Å². The number of anilines is 1. The second kappa shape index (κ2) is 6.81. The van der Waals surface area contributed by atoms with E-state index in [1.54, 1.807) is 23.4 Å². The van der Waals surface area contributed by atoms with E-state index in [0.717, 1.165) is 5.56 Å². The molecule has 1 aromatic carbocycles. The van der Waals surface area contributed by atoms with E-state index in [4.69, 9.17) is 5.84 Å². The van der Waals surface area contributed by atoms with Crippen LogP contribution < -0.4 is 11.3 Å². The van der Waals surface area contributed by atoms with Crippen molar-refractivity contribution in [3.63, 3.8) is 0 Å². The Morgan fingerprint density at radius 3 is 2.67 bits per heavy atom. The van der Waals surface area contributed by atoms with Crippen LogP contribution in [0.3, 0.4) is 0 Å². The first-order chi connectivity index (χ1) is 10.2. The van der Waals surface area contributed by atoms with Gasteiger partial charge in [0.25, 0.3) is 5.91 Å². The molecule has 1 aromatic heterocycles. The molecule has 6 heteroatoms. The molecule has 5 nitrogen and oxygen atoms in total. The lowest BCUT2D eigenvalue weighted by Gasteiger charge is -2.22. The molecule has 1 amide bonds. The molecule has 0 radical (unpaired) electrons. The minimum Gasteiger partial charge on any atom is -0.335 e. The average Bonchev–Trinajstić information content (AvgIpc) is 2.52. The van der Waals surface area contributed by atoms with Gasteiger partial charge in [0.2, 0.25) is 0 Å². The largest absolute Gasteiger partial charge is 0.335 e. The average molecular weight is 288 g/mol. The number of carbonyl (C=O) groups is 1. The molecule has 110 valence electrons. The van der Waals surface area contributed by atoms with Crippen LogP contribution in [0, 0.1) is 5.82 Å². The van der Waals surface area contributed by atoms with Crippen molar-refractivity contribution in [2.45, 2.75) is 13.5 Å². The van der Waals surface area contributed by atoms with Crippen molar-refractivity contribution in [2.75, 3.05) is 12.0 Å². The molecule has 0 aliphatic carbocycles. The van der Waals surface area contributed by atoms with E-state index in [9.17, 15) is 9.18 Å². The Morgan fingerprint density at radius 1 is 1.33 bits per heavy atom. The van der Waals surface area contributed by atoms with E-state index in [2.05, 4.69) is 10.4 Å². The lowest BCUT2D eigenvalue weighted by atomic mass is 10.1. The van der Waals surface area contributed by atoms with Gasteiger partial charge in [-0.3, -0.25) is 15.6 Å². The van der Waals surface area contributed by atoms with Gasteiger partial charge in [0, 0.05) is 25.5 Å². The Kier molecular flexibility index (Phi) is 4.84. The molecule has 0 atom stereocenters. The minimum absolute atomic E-state index is 0.00989. The molecular weight excluding hydrogens is 271 g/mol. The summed E-state index contributed by atoms with van der Waals surface area (Å²) >= 11 is 0. The molecule has 0 fully saturated rings. The molecule has 21 heavy (non-hydrogen) atoms. The number of carbonyl (C=O) groups excluding carboxylic acids is 1. The quantitative estimate of drug-likeness (QED) is 0.653. The van der Waals surface area contributed by atoms with Crippen molar-refractivity contribution in [3.8, 4) is 0 Å². The molecule has 0 bridgehead atoms. The summed E-state index contributed by atoms with van der Waals surface area (Å²) in [6.07, 6.45) is 3.34. The second-order valence-electron chi connectivity index (χ2n) is 4.48. The second-order valence-corrected chi connectivity index (χ2v) is 4.48. The number of aromatic nitrogens is 1. The number of para-hydroxylation sites is 1. The summed E-state index contributed by atoms with van der Waals surface area (Å²) in [5, 5.41) is 0. The Hall–Kier alpha value is -2.47.